The Morgan fingerprint density at radius 1 is 1.24 bits per heavy atom. The Morgan fingerprint density at radius 2 is 1.94 bits per heavy atom. The van der Waals surface area contributed by atoms with Crippen molar-refractivity contribution in [3.05, 3.63) is 11.9 Å². The van der Waals surface area contributed by atoms with Crippen LogP contribution in [0.4, 0.5) is 0 Å². The molecule has 7 nitrogen and oxygen atoms in total. The molecule has 17 heavy (non-hydrogen) atoms. The van der Waals surface area contributed by atoms with Gasteiger partial charge in [-0.25, -0.2) is 0 Å². The molecule has 92 valence electrons. The normalized spacial score (nSPS) is 16.8. The zero-order chi connectivity index (χ0) is 12.3. The largest absolute Gasteiger partial charge is 0.341 e. The number of amides is 2. The number of carbonyl (C=O) groups excluding carboxylic acids is 2. The SMILES string of the molecule is CC(=O)N1CCCN(C(=O)c2cn[nH]n2)CC1. The van der Waals surface area contributed by atoms with Gasteiger partial charge in [-0.3, -0.25) is 9.59 Å². The summed E-state index contributed by atoms with van der Waals surface area (Å²) in [6, 6.07) is 0. The quantitative estimate of drug-likeness (QED) is 0.713. The Bertz CT molecular complexity index is 403. The standard InChI is InChI=1S/C10H15N5O2/c1-8(16)14-3-2-4-15(6-5-14)10(17)9-7-11-13-12-9/h7H,2-6H2,1H3,(H,11,12,13). The Labute approximate surface area is 98.8 Å². The van der Waals surface area contributed by atoms with Crippen LogP contribution in [0.25, 0.3) is 0 Å². The summed E-state index contributed by atoms with van der Waals surface area (Å²) in [6.07, 6.45) is 2.21. The van der Waals surface area contributed by atoms with Gasteiger partial charge in [-0.2, -0.15) is 15.4 Å². The molecule has 0 radical (unpaired) electrons. The van der Waals surface area contributed by atoms with E-state index in [1.807, 2.05) is 0 Å². The average molecular weight is 237 g/mol. The van der Waals surface area contributed by atoms with E-state index < -0.39 is 0 Å². The highest BCUT2D eigenvalue weighted by Gasteiger charge is 2.22. The van der Waals surface area contributed by atoms with Crippen molar-refractivity contribution < 1.29 is 9.59 Å². The Kier molecular flexibility index (Phi) is 3.36. The average Bonchev–Trinajstić information content (AvgIpc) is 2.71. The van der Waals surface area contributed by atoms with Crippen LogP contribution in [0.15, 0.2) is 6.20 Å². The van der Waals surface area contributed by atoms with Crippen molar-refractivity contribution in [2.45, 2.75) is 13.3 Å². The van der Waals surface area contributed by atoms with Crippen molar-refractivity contribution in [1.29, 1.82) is 0 Å². The van der Waals surface area contributed by atoms with Crippen LogP contribution in [-0.4, -0.2) is 63.2 Å². The third kappa shape index (κ3) is 2.61. The fourth-order valence-electron chi connectivity index (χ4n) is 1.90. The molecule has 0 saturated carbocycles. The second-order valence-electron chi connectivity index (χ2n) is 4.01. The number of aromatic nitrogens is 3. The second kappa shape index (κ2) is 4.94. The summed E-state index contributed by atoms with van der Waals surface area (Å²) in [4.78, 5) is 26.7. The van der Waals surface area contributed by atoms with Crippen molar-refractivity contribution in [3.8, 4) is 0 Å². The first-order valence-corrected chi connectivity index (χ1v) is 5.59. The number of H-pyrrole nitrogens is 1. The van der Waals surface area contributed by atoms with E-state index in [0.717, 1.165) is 6.42 Å². The fourth-order valence-corrected chi connectivity index (χ4v) is 1.90. The molecule has 1 aromatic rings. The molecule has 1 aliphatic rings. The first-order chi connectivity index (χ1) is 8.18. The van der Waals surface area contributed by atoms with E-state index in [-0.39, 0.29) is 11.8 Å². The lowest BCUT2D eigenvalue weighted by Crippen LogP contribution is -2.36. The molecule has 2 heterocycles. The van der Waals surface area contributed by atoms with E-state index in [1.54, 1.807) is 16.7 Å². The molecule has 1 saturated heterocycles. The molecule has 1 aromatic heterocycles. The number of hydrogen-bond donors (Lipinski definition) is 1. The van der Waals surface area contributed by atoms with Gasteiger partial charge >= 0.3 is 0 Å². The van der Waals surface area contributed by atoms with Crippen LogP contribution in [0.5, 0.6) is 0 Å². The van der Waals surface area contributed by atoms with Crippen LogP contribution in [0.1, 0.15) is 23.8 Å². The molecule has 2 rings (SSSR count). The first kappa shape index (κ1) is 11.6. The smallest absolute Gasteiger partial charge is 0.276 e. The van der Waals surface area contributed by atoms with Crippen LogP contribution >= 0.6 is 0 Å². The predicted octanol–water partition coefficient (Wildman–Crippen LogP) is -0.501. The number of aromatic amines is 1. The summed E-state index contributed by atoms with van der Waals surface area (Å²) >= 11 is 0. The topological polar surface area (TPSA) is 82.2 Å². The lowest BCUT2D eigenvalue weighted by Gasteiger charge is -2.20. The van der Waals surface area contributed by atoms with E-state index in [9.17, 15) is 9.59 Å². The third-order valence-electron chi connectivity index (χ3n) is 2.86. The second-order valence-corrected chi connectivity index (χ2v) is 4.01. The Hall–Kier alpha value is -1.92. The van der Waals surface area contributed by atoms with Gasteiger partial charge in [-0.05, 0) is 6.42 Å². The van der Waals surface area contributed by atoms with E-state index in [0.29, 0.717) is 31.9 Å². The highest BCUT2D eigenvalue weighted by molar-refractivity contribution is 5.91. The molecule has 0 bridgehead atoms. The number of nitrogens with one attached hydrogen (secondary N) is 1. The lowest BCUT2D eigenvalue weighted by atomic mass is 10.3. The van der Waals surface area contributed by atoms with Crippen LogP contribution in [0.2, 0.25) is 0 Å². The van der Waals surface area contributed by atoms with E-state index in [2.05, 4.69) is 15.4 Å². The Balaban J connectivity index is 1.99. The molecule has 0 atom stereocenters. The van der Waals surface area contributed by atoms with Crippen LogP contribution in [0.3, 0.4) is 0 Å². The zero-order valence-electron chi connectivity index (χ0n) is 9.72. The third-order valence-corrected chi connectivity index (χ3v) is 2.86. The minimum Gasteiger partial charge on any atom is -0.341 e. The molecule has 0 aromatic carbocycles. The van der Waals surface area contributed by atoms with Gasteiger partial charge in [-0.1, -0.05) is 0 Å². The van der Waals surface area contributed by atoms with Gasteiger partial charge in [0.15, 0.2) is 5.69 Å². The van der Waals surface area contributed by atoms with Gasteiger partial charge in [0, 0.05) is 33.1 Å². The minimum absolute atomic E-state index is 0.0562. The maximum Gasteiger partial charge on any atom is 0.276 e. The monoisotopic (exact) mass is 237 g/mol. The molecule has 0 aliphatic carbocycles. The number of hydrogen-bond acceptors (Lipinski definition) is 4. The maximum atomic E-state index is 12.0. The zero-order valence-corrected chi connectivity index (χ0v) is 9.72. The summed E-state index contributed by atoms with van der Waals surface area (Å²) < 4.78 is 0. The molecule has 1 N–H and O–H groups in total. The molecular formula is C10H15N5O2. The van der Waals surface area contributed by atoms with Crippen LogP contribution in [0, 0.1) is 0 Å². The van der Waals surface area contributed by atoms with E-state index >= 15 is 0 Å². The first-order valence-electron chi connectivity index (χ1n) is 5.59. The van der Waals surface area contributed by atoms with Gasteiger partial charge in [0.05, 0.1) is 6.20 Å². The molecule has 1 fully saturated rings. The van der Waals surface area contributed by atoms with Gasteiger partial charge in [-0.15, -0.1) is 0 Å². The van der Waals surface area contributed by atoms with Crippen molar-refractivity contribution in [2.24, 2.45) is 0 Å². The number of nitrogens with zero attached hydrogens (tertiary/aromatic N) is 4. The summed E-state index contributed by atoms with van der Waals surface area (Å²) in [7, 11) is 0. The van der Waals surface area contributed by atoms with E-state index in [1.165, 1.54) is 6.20 Å². The van der Waals surface area contributed by atoms with Gasteiger partial charge < -0.3 is 9.80 Å². The summed E-state index contributed by atoms with van der Waals surface area (Å²) in [6.45, 7) is 4.03. The van der Waals surface area contributed by atoms with Crippen molar-refractivity contribution in [1.82, 2.24) is 25.2 Å². The predicted molar refractivity (Wildman–Crippen MR) is 59.2 cm³/mol. The van der Waals surface area contributed by atoms with Crippen molar-refractivity contribution in [3.63, 3.8) is 0 Å². The number of rotatable bonds is 1. The summed E-state index contributed by atoms with van der Waals surface area (Å²) in [5, 5.41) is 9.81. The molecule has 2 amide bonds. The molecule has 0 spiro atoms. The van der Waals surface area contributed by atoms with Gasteiger partial charge in [0.25, 0.3) is 5.91 Å². The van der Waals surface area contributed by atoms with Crippen LogP contribution < -0.4 is 0 Å². The lowest BCUT2D eigenvalue weighted by molar-refractivity contribution is -0.128. The highest BCUT2D eigenvalue weighted by atomic mass is 16.2. The van der Waals surface area contributed by atoms with Crippen molar-refractivity contribution >= 4 is 11.8 Å². The molecule has 0 unspecified atom stereocenters. The minimum atomic E-state index is -0.135. The van der Waals surface area contributed by atoms with E-state index in [4.69, 9.17) is 0 Å². The fraction of sp³-hybridized carbons (Fsp3) is 0.600. The van der Waals surface area contributed by atoms with Gasteiger partial charge in [0.1, 0.15) is 0 Å². The molecule has 1 aliphatic heterocycles. The summed E-state index contributed by atoms with van der Waals surface area (Å²) in [5.41, 5.74) is 0.321. The number of carbonyl (C=O) groups is 2. The highest BCUT2D eigenvalue weighted by Crippen LogP contribution is 2.06. The molecular weight excluding hydrogens is 222 g/mol. The Morgan fingerprint density at radius 3 is 2.59 bits per heavy atom. The maximum absolute atomic E-state index is 12.0. The van der Waals surface area contributed by atoms with Gasteiger partial charge in [0.2, 0.25) is 5.91 Å². The summed E-state index contributed by atoms with van der Waals surface area (Å²) in [5.74, 6) is -0.0788. The van der Waals surface area contributed by atoms with Crippen LogP contribution in [-0.2, 0) is 4.79 Å². The van der Waals surface area contributed by atoms with Crippen molar-refractivity contribution in [2.75, 3.05) is 26.2 Å². The molecule has 7 heteroatoms.